The Morgan fingerprint density at radius 2 is 1.89 bits per heavy atom. The molecule has 0 bridgehead atoms. The Hall–Kier alpha value is -3.01. The number of ether oxygens (including phenoxy) is 1. The van der Waals surface area contributed by atoms with Gasteiger partial charge in [0.1, 0.15) is 18.0 Å². The number of carbonyl (C=O) groups is 1. The number of amides is 1. The lowest BCUT2D eigenvalue weighted by Crippen LogP contribution is -2.46. The Balaban J connectivity index is 1.33. The molecule has 5 rings (SSSR count). The molecule has 0 spiro atoms. The van der Waals surface area contributed by atoms with Crippen LogP contribution in [0.15, 0.2) is 42.3 Å². The lowest BCUT2D eigenvalue weighted by Gasteiger charge is -2.36. The van der Waals surface area contributed by atoms with Gasteiger partial charge in [0.15, 0.2) is 0 Å². The number of hydrogen-bond donors (Lipinski definition) is 0. The summed E-state index contributed by atoms with van der Waals surface area (Å²) in [6, 6.07) is 3.89. The van der Waals surface area contributed by atoms with Crippen LogP contribution in [0.5, 0.6) is 5.75 Å². The van der Waals surface area contributed by atoms with Crippen molar-refractivity contribution in [2.24, 2.45) is 0 Å². The van der Waals surface area contributed by atoms with Crippen molar-refractivity contribution < 1.29 is 22.7 Å². The largest absolute Gasteiger partial charge is 0.492 e. The van der Waals surface area contributed by atoms with E-state index in [4.69, 9.17) is 4.74 Å². The lowest BCUT2D eigenvalue weighted by atomic mass is 10.0. The summed E-state index contributed by atoms with van der Waals surface area (Å²) >= 11 is 0. The summed E-state index contributed by atoms with van der Waals surface area (Å²) in [5.74, 6) is 0.340. The highest BCUT2D eigenvalue weighted by molar-refractivity contribution is 5.87. The van der Waals surface area contributed by atoms with Crippen LogP contribution >= 0.6 is 0 Å². The number of fused-ring (bicyclic) bond motifs is 1. The van der Waals surface area contributed by atoms with Crippen LogP contribution in [-0.2, 0) is 11.3 Å². The number of hydrogen-bond acceptors (Lipinski definition) is 5. The Kier molecular flexibility index (Phi) is 6.96. The van der Waals surface area contributed by atoms with Crippen molar-refractivity contribution in [2.45, 2.75) is 51.4 Å². The van der Waals surface area contributed by atoms with Crippen LogP contribution in [0.3, 0.4) is 0 Å². The van der Waals surface area contributed by atoms with E-state index in [9.17, 15) is 18.0 Å². The number of rotatable bonds is 6. The number of piperidine rings is 1. The van der Waals surface area contributed by atoms with Gasteiger partial charge in [-0.05, 0) is 57.8 Å². The second-order valence-corrected chi connectivity index (χ2v) is 9.58. The number of alkyl halides is 3. The third-order valence-corrected chi connectivity index (χ3v) is 7.25. The molecule has 7 nitrogen and oxygen atoms in total. The standard InChI is InChI=1S/C26H32F3N5O2/c1-2-36-23-16-21-19(15-22(23)34-12-4-3-7-24(34)26(27,28)29)17-33(30-21)18-25(35)32-13-8-20(9-14-32)31-10-5-6-11-31/h3-4,7,15-17,20H,2,5-6,8-14,18H2,1H3. The Morgan fingerprint density at radius 1 is 1.14 bits per heavy atom. The molecule has 0 saturated carbocycles. The molecule has 0 atom stereocenters. The third-order valence-electron chi connectivity index (χ3n) is 7.25. The molecule has 0 aliphatic carbocycles. The monoisotopic (exact) mass is 503 g/mol. The highest BCUT2D eigenvalue weighted by atomic mass is 19.4. The van der Waals surface area contributed by atoms with Crippen molar-refractivity contribution in [1.29, 1.82) is 0 Å². The maximum atomic E-state index is 13.7. The predicted octanol–water partition coefficient (Wildman–Crippen LogP) is 4.34. The summed E-state index contributed by atoms with van der Waals surface area (Å²) in [7, 11) is 0. The van der Waals surface area contributed by atoms with Gasteiger partial charge < -0.3 is 19.4 Å². The molecule has 10 heteroatoms. The zero-order valence-corrected chi connectivity index (χ0v) is 20.5. The summed E-state index contributed by atoms with van der Waals surface area (Å²) in [6.07, 6.45) is 5.89. The van der Waals surface area contributed by atoms with Crippen LogP contribution in [0.2, 0.25) is 0 Å². The van der Waals surface area contributed by atoms with Crippen molar-refractivity contribution in [3.63, 3.8) is 0 Å². The summed E-state index contributed by atoms with van der Waals surface area (Å²) in [5, 5.41) is 5.19. The number of anilines is 1. The van der Waals surface area contributed by atoms with Crippen LogP contribution in [0.25, 0.3) is 10.9 Å². The summed E-state index contributed by atoms with van der Waals surface area (Å²) in [5.41, 5.74) is 0.158. The average Bonchev–Trinajstić information content (AvgIpc) is 3.53. The van der Waals surface area contributed by atoms with E-state index in [-0.39, 0.29) is 19.0 Å². The number of carbonyl (C=O) groups excluding carboxylic acids is 1. The highest BCUT2D eigenvalue weighted by Crippen LogP contribution is 2.40. The zero-order valence-electron chi connectivity index (χ0n) is 20.5. The first-order valence-electron chi connectivity index (χ1n) is 12.7. The van der Waals surface area contributed by atoms with E-state index in [1.54, 1.807) is 36.0 Å². The number of nitrogens with zero attached hydrogens (tertiary/aromatic N) is 5. The second kappa shape index (κ2) is 10.2. The van der Waals surface area contributed by atoms with Crippen LogP contribution in [0.1, 0.15) is 32.6 Å². The van der Waals surface area contributed by atoms with Crippen LogP contribution < -0.4 is 9.64 Å². The fraction of sp³-hybridized carbons (Fsp3) is 0.538. The van der Waals surface area contributed by atoms with Crippen molar-refractivity contribution in [1.82, 2.24) is 19.6 Å². The molecular weight excluding hydrogens is 471 g/mol. The van der Waals surface area contributed by atoms with Crippen LogP contribution in [-0.4, -0.2) is 77.0 Å². The van der Waals surface area contributed by atoms with Gasteiger partial charge in [0.05, 0.1) is 17.8 Å². The quantitative estimate of drug-likeness (QED) is 0.587. The highest BCUT2D eigenvalue weighted by Gasteiger charge is 2.39. The normalized spacial score (nSPS) is 19.8. The van der Waals surface area contributed by atoms with Crippen LogP contribution in [0.4, 0.5) is 18.9 Å². The molecule has 2 fully saturated rings. The number of likely N-dealkylation sites (tertiary alicyclic amines) is 2. The first kappa shape index (κ1) is 24.7. The Bertz CT molecular complexity index is 1160. The molecule has 1 aromatic carbocycles. The van der Waals surface area contributed by atoms with Crippen molar-refractivity contribution in [3.05, 3.63) is 42.3 Å². The van der Waals surface area contributed by atoms with E-state index in [1.807, 2.05) is 4.90 Å². The fourth-order valence-electron chi connectivity index (χ4n) is 5.47. The number of halogens is 3. The van der Waals surface area contributed by atoms with Gasteiger partial charge in [-0.2, -0.15) is 18.3 Å². The first-order chi connectivity index (χ1) is 17.3. The Labute approximate surface area is 208 Å². The number of aromatic nitrogens is 2. The molecule has 36 heavy (non-hydrogen) atoms. The molecule has 4 heterocycles. The molecule has 3 aliphatic rings. The van der Waals surface area contributed by atoms with Gasteiger partial charge in [-0.25, -0.2) is 0 Å². The SMILES string of the molecule is CCOc1cc2nn(CC(=O)N3CCC(N4CCCC4)CC3)cc2cc1N1CC=CC=C1C(F)(F)F. The number of allylic oxidation sites excluding steroid dienone is 3. The number of benzene rings is 1. The third kappa shape index (κ3) is 5.09. The van der Waals surface area contributed by atoms with Crippen molar-refractivity contribution in [2.75, 3.05) is 44.2 Å². The maximum Gasteiger partial charge on any atom is 0.431 e. The van der Waals surface area contributed by atoms with E-state index in [0.717, 1.165) is 45.1 Å². The minimum absolute atomic E-state index is 0.0105. The second-order valence-electron chi connectivity index (χ2n) is 9.58. The van der Waals surface area contributed by atoms with E-state index in [0.29, 0.717) is 35.0 Å². The van der Waals surface area contributed by atoms with Crippen molar-refractivity contribution >= 4 is 22.5 Å². The van der Waals surface area contributed by atoms with E-state index >= 15 is 0 Å². The van der Waals surface area contributed by atoms with Crippen molar-refractivity contribution in [3.8, 4) is 5.75 Å². The predicted molar refractivity (Wildman–Crippen MR) is 132 cm³/mol. The van der Waals surface area contributed by atoms with Gasteiger partial charge in [-0.15, -0.1) is 0 Å². The molecule has 3 aliphatic heterocycles. The van der Waals surface area contributed by atoms with Gasteiger partial charge >= 0.3 is 6.18 Å². The smallest absolute Gasteiger partial charge is 0.431 e. The van der Waals surface area contributed by atoms with E-state index in [1.165, 1.54) is 23.8 Å². The molecule has 0 N–H and O–H groups in total. The molecule has 0 unspecified atom stereocenters. The van der Waals surface area contributed by atoms with Gasteiger partial charge in [0, 0.05) is 43.3 Å². The van der Waals surface area contributed by atoms with Gasteiger partial charge in [0.2, 0.25) is 5.91 Å². The van der Waals surface area contributed by atoms with Gasteiger partial charge in [-0.1, -0.05) is 12.2 Å². The lowest BCUT2D eigenvalue weighted by molar-refractivity contribution is -0.133. The molecule has 1 aromatic heterocycles. The van der Waals surface area contributed by atoms with Gasteiger partial charge in [-0.3, -0.25) is 9.48 Å². The topological polar surface area (TPSA) is 53.8 Å². The molecule has 194 valence electrons. The molecule has 2 aromatic rings. The maximum absolute atomic E-state index is 13.7. The summed E-state index contributed by atoms with van der Waals surface area (Å²) in [6.45, 7) is 6.09. The summed E-state index contributed by atoms with van der Waals surface area (Å²) in [4.78, 5) is 18.6. The fourth-order valence-corrected chi connectivity index (χ4v) is 5.47. The van der Waals surface area contributed by atoms with Gasteiger partial charge in [0.25, 0.3) is 0 Å². The van der Waals surface area contributed by atoms with Crippen LogP contribution in [0, 0.1) is 0 Å². The summed E-state index contributed by atoms with van der Waals surface area (Å²) < 4.78 is 48.4. The molecule has 0 radical (unpaired) electrons. The minimum Gasteiger partial charge on any atom is -0.492 e. The van der Waals surface area contributed by atoms with E-state index in [2.05, 4.69) is 10.00 Å². The zero-order chi connectivity index (χ0) is 25.3. The Morgan fingerprint density at radius 3 is 2.58 bits per heavy atom. The molecular formula is C26H32F3N5O2. The molecule has 1 amide bonds. The average molecular weight is 504 g/mol. The van der Waals surface area contributed by atoms with E-state index < -0.39 is 11.9 Å². The molecule has 2 saturated heterocycles. The first-order valence-corrected chi connectivity index (χ1v) is 12.7. The minimum atomic E-state index is -4.50.